The lowest BCUT2D eigenvalue weighted by Gasteiger charge is -2.25. The van der Waals surface area contributed by atoms with Crippen molar-refractivity contribution in [2.24, 2.45) is 5.92 Å². The smallest absolute Gasteiger partial charge is 0.550 e. The fourth-order valence-electron chi connectivity index (χ4n) is 2.60. The molecule has 0 aliphatic heterocycles. The molecule has 0 fully saturated rings. The standard InChI is InChI=1S/C19H18F3NO4/c1-12(13-5-3-2-4-6-13)16(18(25)26)11-17(24)23-14-7-9-15(10-8-14)27-19(20,21)22/h2-10,12,16H,11H2,1H3,(H,23,24)(H,25,26)/p-1/t12-,16+/m1/s1. The third kappa shape index (κ3) is 6.32. The zero-order valence-electron chi connectivity index (χ0n) is 14.3. The molecule has 0 aliphatic rings. The highest BCUT2D eigenvalue weighted by Crippen LogP contribution is 2.27. The Kier molecular flexibility index (Phi) is 6.44. The topological polar surface area (TPSA) is 78.5 Å². The number of anilines is 1. The number of carboxylic acid groups (broad SMARTS) is 1. The van der Waals surface area contributed by atoms with Crippen molar-refractivity contribution >= 4 is 17.6 Å². The second kappa shape index (κ2) is 8.57. The Morgan fingerprint density at radius 1 is 1.07 bits per heavy atom. The van der Waals surface area contributed by atoms with Gasteiger partial charge in [-0.2, -0.15) is 0 Å². The van der Waals surface area contributed by atoms with Gasteiger partial charge >= 0.3 is 6.36 Å². The summed E-state index contributed by atoms with van der Waals surface area (Å²) in [6.07, 6.45) is -5.14. The molecule has 1 N–H and O–H groups in total. The molecule has 0 bridgehead atoms. The number of alkyl halides is 3. The minimum atomic E-state index is -4.81. The second-order valence-electron chi connectivity index (χ2n) is 5.95. The number of ether oxygens (including phenoxy) is 1. The predicted octanol–water partition coefficient (Wildman–Crippen LogP) is 3.08. The van der Waals surface area contributed by atoms with Gasteiger partial charge in [0.2, 0.25) is 5.91 Å². The highest BCUT2D eigenvalue weighted by Gasteiger charge is 2.31. The van der Waals surface area contributed by atoms with E-state index in [0.717, 1.165) is 17.7 Å². The summed E-state index contributed by atoms with van der Waals surface area (Å²) in [5, 5.41) is 13.9. The van der Waals surface area contributed by atoms with Crippen LogP contribution in [0.3, 0.4) is 0 Å². The molecule has 0 spiro atoms. The number of carbonyl (C=O) groups excluding carboxylic acids is 2. The van der Waals surface area contributed by atoms with Crippen LogP contribution in [0, 0.1) is 5.92 Å². The van der Waals surface area contributed by atoms with Gasteiger partial charge in [0.15, 0.2) is 0 Å². The molecule has 0 heterocycles. The molecule has 2 aromatic carbocycles. The molecular formula is C19H17F3NO4-. The van der Waals surface area contributed by atoms with Crippen LogP contribution in [0.5, 0.6) is 5.75 Å². The van der Waals surface area contributed by atoms with Gasteiger partial charge in [-0.15, -0.1) is 13.2 Å². The number of hydrogen-bond acceptors (Lipinski definition) is 4. The number of amides is 1. The molecule has 2 atom stereocenters. The Labute approximate surface area is 153 Å². The van der Waals surface area contributed by atoms with Crippen LogP contribution in [0.2, 0.25) is 0 Å². The molecule has 144 valence electrons. The maximum atomic E-state index is 12.2. The van der Waals surface area contributed by atoms with E-state index in [1.807, 2.05) is 0 Å². The van der Waals surface area contributed by atoms with Gasteiger partial charge in [-0.05, 0) is 35.7 Å². The first kappa shape index (κ1) is 20.3. The fraction of sp³-hybridized carbons (Fsp3) is 0.263. The van der Waals surface area contributed by atoms with Crippen molar-refractivity contribution in [3.05, 3.63) is 60.2 Å². The zero-order chi connectivity index (χ0) is 20.0. The Bertz CT molecular complexity index is 776. The number of rotatable bonds is 7. The van der Waals surface area contributed by atoms with E-state index in [2.05, 4.69) is 10.1 Å². The Morgan fingerprint density at radius 3 is 2.19 bits per heavy atom. The van der Waals surface area contributed by atoms with Crippen LogP contribution in [0.25, 0.3) is 0 Å². The molecule has 0 radical (unpaired) electrons. The summed E-state index contributed by atoms with van der Waals surface area (Å²) in [4.78, 5) is 23.6. The average Bonchev–Trinajstić information content (AvgIpc) is 2.60. The lowest BCUT2D eigenvalue weighted by atomic mass is 9.85. The van der Waals surface area contributed by atoms with Gasteiger partial charge in [-0.1, -0.05) is 37.3 Å². The predicted molar refractivity (Wildman–Crippen MR) is 89.7 cm³/mol. The number of hydrogen-bond donors (Lipinski definition) is 1. The number of benzene rings is 2. The van der Waals surface area contributed by atoms with Crippen molar-refractivity contribution in [1.82, 2.24) is 0 Å². The summed E-state index contributed by atoms with van der Waals surface area (Å²) in [5.41, 5.74) is 0.979. The number of carbonyl (C=O) groups is 2. The molecule has 0 unspecified atom stereocenters. The van der Waals surface area contributed by atoms with Crippen molar-refractivity contribution in [1.29, 1.82) is 0 Å². The molecular weight excluding hydrogens is 363 g/mol. The van der Waals surface area contributed by atoms with E-state index >= 15 is 0 Å². The second-order valence-corrected chi connectivity index (χ2v) is 5.95. The molecule has 0 saturated carbocycles. The van der Waals surface area contributed by atoms with Crippen LogP contribution in [0.4, 0.5) is 18.9 Å². The molecule has 5 nitrogen and oxygen atoms in total. The minimum Gasteiger partial charge on any atom is -0.550 e. The van der Waals surface area contributed by atoms with Crippen LogP contribution in [-0.4, -0.2) is 18.2 Å². The van der Waals surface area contributed by atoms with E-state index in [9.17, 15) is 27.9 Å². The maximum absolute atomic E-state index is 12.2. The summed E-state index contributed by atoms with van der Waals surface area (Å²) in [6.45, 7) is 1.69. The quantitative estimate of drug-likeness (QED) is 0.801. The SMILES string of the molecule is C[C@H](c1ccccc1)[C@H](CC(=O)Nc1ccc(OC(F)(F)F)cc1)C(=O)[O-]. The van der Waals surface area contributed by atoms with Gasteiger partial charge in [0.25, 0.3) is 0 Å². The van der Waals surface area contributed by atoms with E-state index in [0.29, 0.717) is 0 Å². The monoisotopic (exact) mass is 380 g/mol. The lowest BCUT2D eigenvalue weighted by Crippen LogP contribution is -2.36. The van der Waals surface area contributed by atoms with Crippen molar-refractivity contribution < 1.29 is 32.6 Å². The summed E-state index contributed by atoms with van der Waals surface area (Å²) < 4.78 is 40.1. The van der Waals surface area contributed by atoms with Crippen LogP contribution in [0.15, 0.2) is 54.6 Å². The van der Waals surface area contributed by atoms with E-state index in [1.54, 1.807) is 37.3 Å². The van der Waals surface area contributed by atoms with E-state index < -0.39 is 35.8 Å². The Morgan fingerprint density at radius 2 is 1.67 bits per heavy atom. The van der Waals surface area contributed by atoms with Crippen molar-refractivity contribution in [2.45, 2.75) is 25.6 Å². The van der Waals surface area contributed by atoms with E-state index in [-0.39, 0.29) is 12.1 Å². The molecule has 27 heavy (non-hydrogen) atoms. The average molecular weight is 380 g/mol. The highest BCUT2D eigenvalue weighted by atomic mass is 19.4. The third-order valence-corrected chi connectivity index (χ3v) is 4.01. The lowest BCUT2D eigenvalue weighted by molar-refractivity contribution is -0.312. The minimum absolute atomic E-state index is 0.221. The van der Waals surface area contributed by atoms with Crippen LogP contribution in [0.1, 0.15) is 24.8 Å². The number of halogens is 3. The van der Waals surface area contributed by atoms with Gasteiger partial charge in [-0.25, -0.2) is 0 Å². The van der Waals surface area contributed by atoms with Gasteiger partial charge in [0, 0.05) is 24.0 Å². The first-order valence-corrected chi connectivity index (χ1v) is 8.07. The summed E-state index contributed by atoms with van der Waals surface area (Å²) >= 11 is 0. The summed E-state index contributed by atoms with van der Waals surface area (Å²) in [6, 6.07) is 13.4. The van der Waals surface area contributed by atoms with Crippen molar-refractivity contribution in [3.8, 4) is 5.75 Å². The third-order valence-electron chi connectivity index (χ3n) is 4.01. The molecule has 0 aliphatic carbocycles. The Hall–Kier alpha value is -3.03. The summed E-state index contributed by atoms with van der Waals surface area (Å²) in [5.74, 6) is -3.87. The van der Waals surface area contributed by atoms with Gasteiger partial charge in [-0.3, -0.25) is 4.79 Å². The van der Waals surface area contributed by atoms with Crippen LogP contribution in [-0.2, 0) is 9.59 Å². The van der Waals surface area contributed by atoms with E-state index in [4.69, 9.17) is 0 Å². The normalized spacial score (nSPS) is 13.5. The van der Waals surface area contributed by atoms with Gasteiger partial charge in [0.1, 0.15) is 5.75 Å². The number of nitrogens with one attached hydrogen (secondary N) is 1. The van der Waals surface area contributed by atoms with Crippen LogP contribution < -0.4 is 15.2 Å². The highest BCUT2D eigenvalue weighted by molar-refractivity contribution is 5.93. The number of carboxylic acids is 1. The van der Waals surface area contributed by atoms with Gasteiger partial charge < -0.3 is 20.0 Å². The maximum Gasteiger partial charge on any atom is 0.573 e. The molecule has 2 rings (SSSR count). The van der Waals surface area contributed by atoms with Crippen LogP contribution >= 0.6 is 0 Å². The molecule has 8 heteroatoms. The van der Waals surface area contributed by atoms with Gasteiger partial charge in [0.05, 0.1) is 0 Å². The largest absolute Gasteiger partial charge is 0.573 e. The number of aliphatic carboxylic acids is 1. The molecule has 0 saturated heterocycles. The first-order chi connectivity index (χ1) is 12.7. The van der Waals surface area contributed by atoms with Crippen molar-refractivity contribution in [2.75, 3.05) is 5.32 Å². The zero-order valence-corrected chi connectivity index (χ0v) is 14.3. The van der Waals surface area contributed by atoms with Crippen molar-refractivity contribution in [3.63, 3.8) is 0 Å². The Balaban J connectivity index is 2.01. The molecule has 2 aromatic rings. The molecule has 0 aromatic heterocycles. The summed E-state index contributed by atoms with van der Waals surface area (Å²) in [7, 11) is 0. The molecule has 1 amide bonds. The fourth-order valence-corrected chi connectivity index (χ4v) is 2.60. The van der Waals surface area contributed by atoms with E-state index in [1.165, 1.54) is 12.1 Å². The first-order valence-electron chi connectivity index (χ1n) is 8.07.